The molecule has 0 saturated carbocycles. The Bertz CT molecular complexity index is 391. The summed E-state index contributed by atoms with van der Waals surface area (Å²) in [6, 6.07) is 0. The summed E-state index contributed by atoms with van der Waals surface area (Å²) in [5.41, 5.74) is 2.33. The molecule has 0 spiro atoms. The Hall–Kier alpha value is -1.67. The maximum absolute atomic E-state index is 12.7. The number of pyridine rings is 1. The molecular weight excluding hydrogens is 242 g/mol. The molecule has 0 unspecified atom stereocenters. The Kier molecular flexibility index (Phi) is 3.15. The van der Waals surface area contributed by atoms with Crippen LogP contribution >= 0.6 is 0 Å². The highest BCUT2D eigenvalue weighted by Crippen LogP contribution is 2.36. The zero-order valence-corrected chi connectivity index (χ0v) is 7.36. The van der Waals surface area contributed by atoms with Crippen molar-refractivity contribution in [1.82, 2.24) is 4.98 Å². The van der Waals surface area contributed by atoms with Gasteiger partial charge in [0.2, 0.25) is 0 Å². The molecule has 0 amide bonds. The van der Waals surface area contributed by atoms with Crippen LogP contribution in [0, 0.1) is 5.82 Å². The number of rotatable bonds is 2. The van der Waals surface area contributed by atoms with E-state index in [4.69, 9.17) is 5.73 Å². The molecule has 0 bridgehead atoms. The average molecular weight is 246 g/mol. The highest BCUT2D eigenvalue weighted by atomic mass is 19.4. The molecule has 0 radical (unpaired) electrons. The van der Waals surface area contributed by atoms with Crippen LogP contribution in [-0.4, -0.2) is 11.3 Å². The zero-order chi connectivity index (χ0) is 12.5. The smallest absolute Gasteiger partial charge is 0.401 e. The average Bonchev–Trinajstić information content (AvgIpc) is 2.10. The Balaban J connectivity index is 3.26. The highest BCUT2D eigenvalue weighted by Gasteiger charge is 2.35. The summed E-state index contributed by atoms with van der Waals surface area (Å²) in [5.74, 6) is -2.88. The Morgan fingerprint density at radius 3 is 2.31 bits per heavy atom. The van der Waals surface area contributed by atoms with Gasteiger partial charge in [-0.05, 0) is 0 Å². The predicted octanol–water partition coefficient (Wildman–Crippen LogP) is 2.64. The van der Waals surface area contributed by atoms with Crippen LogP contribution in [0.15, 0.2) is 6.20 Å². The van der Waals surface area contributed by atoms with Gasteiger partial charge in [-0.3, -0.25) is 0 Å². The van der Waals surface area contributed by atoms with Gasteiger partial charge in [-0.25, -0.2) is 18.2 Å². The molecule has 16 heavy (non-hydrogen) atoms. The number of nitrogens with zero attached hydrogens (tertiary/aromatic N) is 1. The molecule has 3 nitrogen and oxygen atoms in total. The van der Waals surface area contributed by atoms with E-state index in [-0.39, 0.29) is 0 Å². The summed E-state index contributed by atoms with van der Waals surface area (Å²) in [5, 5.41) is 0. The minimum absolute atomic E-state index is 0.292. The molecule has 1 rings (SSSR count). The van der Waals surface area contributed by atoms with Crippen LogP contribution in [0.5, 0.6) is 5.75 Å². The number of aromatic nitrogens is 1. The van der Waals surface area contributed by atoms with Gasteiger partial charge in [-0.2, -0.15) is 0 Å². The molecule has 2 N–H and O–H groups in total. The summed E-state index contributed by atoms with van der Waals surface area (Å²) in [7, 11) is 0. The van der Waals surface area contributed by atoms with Crippen molar-refractivity contribution in [3.8, 4) is 5.75 Å². The van der Waals surface area contributed by atoms with Crippen LogP contribution in [0.2, 0.25) is 0 Å². The molecule has 90 valence electrons. The Morgan fingerprint density at radius 2 is 1.88 bits per heavy atom. The minimum atomic E-state index is -5.26. The molecule has 0 aromatic carbocycles. The fourth-order valence-corrected chi connectivity index (χ4v) is 0.879. The lowest BCUT2D eigenvalue weighted by Gasteiger charge is -2.14. The third-order valence-electron chi connectivity index (χ3n) is 1.48. The minimum Gasteiger partial charge on any atom is -0.401 e. The fourth-order valence-electron chi connectivity index (χ4n) is 0.879. The maximum atomic E-state index is 12.7. The van der Waals surface area contributed by atoms with E-state index >= 15 is 0 Å². The molecule has 1 heterocycles. The van der Waals surface area contributed by atoms with Gasteiger partial charge in [0.05, 0.1) is 6.20 Å². The quantitative estimate of drug-likeness (QED) is 0.816. The van der Waals surface area contributed by atoms with Crippen molar-refractivity contribution in [2.75, 3.05) is 5.73 Å². The van der Waals surface area contributed by atoms with E-state index in [0.717, 1.165) is 0 Å². The molecule has 0 aliphatic carbocycles. The second kappa shape index (κ2) is 4.06. The normalized spacial score (nSPS) is 11.9. The first kappa shape index (κ1) is 12.4. The first-order valence-corrected chi connectivity index (χ1v) is 3.70. The van der Waals surface area contributed by atoms with Crippen LogP contribution in [0.1, 0.15) is 12.1 Å². The molecule has 1 aromatic rings. The number of ether oxygens (including phenoxy) is 1. The summed E-state index contributed by atoms with van der Waals surface area (Å²) >= 11 is 0. The van der Waals surface area contributed by atoms with Gasteiger partial charge in [0.1, 0.15) is 5.69 Å². The Morgan fingerprint density at radius 1 is 1.31 bits per heavy atom. The van der Waals surface area contributed by atoms with Crippen LogP contribution in [0.3, 0.4) is 0 Å². The van der Waals surface area contributed by atoms with Crippen molar-refractivity contribution >= 4 is 5.69 Å². The first-order chi connectivity index (χ1) is 7.22. The molecule has 1 aromatic heterocycles. The van der Waals surface area contributed by atoms with Gasteiger partial charge in [0.15, 0.2) is 17.3 Å². The van der Waals surface area contributed by atoms with E-state index < -0.39 is 35.7 Å². The van der Waals surface area contributed by atoms with Crippen molar-refractivity contribution in [2.45, 2.75) is 12.8 Å². The van der Waals surface area contributed by atoms with Gasteiger partial charge in [-0.1, -0.05) is 0 Å². The van der Waals surface area contributed by atoms with Gasteiger partial charge < -0.3 is 10.5 Å². The molecule has 0 aliphatic heterocycles. The van der Waals surface area contributed by atoms with Crippen molar-refractivity contribution < 1.29 is 31.1 Å². The summed E-state index contributed by atoms with van der Waals surface area (Å²) in [6.07, 6.45) is -8.33. The molecule has 9 heteroatoms. The van der Waals surface area contributed by atoms with Crippen molar-refractivity contribution in [3.63, 3.8) is 0 Å². The lowest BCUT2D eigenvalue weighted by molar-refractivity contribution is -0.275. The summed E-state index contributed by atoms with van der Waals surface area (Å²) in [4.78, 5) is 2.79. The fraction of sp³-hybridized carbons (Fsp3) is 0.286. The van der Waals surface area contributed by atoms with Gasteiger partial charge in [0.25, 0.3) is 6.43 Å². The maximum Gasteiger partial charge on any atom is 0.573 e. The van der Waals surface area contributed by atoms with Crippen LogP contribution in [0.25, 0.3) is 0 Å². The first-order valence-electron chi connectivity index (χ1n) is 3.70. The Labute approximate surface area is 84.8 Å². The zero-order valence-electron chi connectivity index (χ0n) is 7.36. The number of hydrogen-bond acceptors (Lipinski definition) is 3. The molecule has 0 atom stereocenters. The number of hydrogen-bond donors (Lipinski definition) is 1. The lowest BCUT2D eigenvalue weighted by Crippen LogP contribution is -2.20. The molecule has 0 saturated heterocycles. The second-order valence-electron chi connectivity index (χ2n) is 2.58. The van der Waals surface area contributed by atoms with Crippen molar-refractivity contribution in [3.05, 3.63) is 17.7 Å². The standard InChI is InChI=1S/C7H4F6N2O/c8-2-1-15-4(6(9)10)5(3(2)14)16-7(11,12)13/h1,6H,(H2,14,15). The highest BCUT2D eigenvalue weighted by molar-refractivity contribution is 5.55. The third kappa shape index (κ3) is 2.67. The van der Waals surface area contributed by atoms with E-state index in [1.165, 1.54) is 0 Å². The van der Waals surface area contributed by atoms with Gasteiger partial charge >= 0.3 is 6.36 Å². The largest absolute Gasteiger partial charge is 0.573 e. The van der Waals surface area contributed by atoms with E-state index in [1.54, 1.807) is 0 Å². The number of alkyl halides is 5. The molecule has 0 fully saturated rings. The van der Waals surface area contributed by atoms with Gasteiger partial charge in [0, 0.05) is 0 Å². The van der Waals surface area contributed by atoms with Crippen molar-refractivity contribution in [2.24, 2.45) is 0 Å². The topological polar surface area (TPSA) is 48.1 Å². The van der Waals surface area contributed by atoms with Crippen LogP contribution < -0.4 is 10.5 Å². The predicted molar refractivity (Wildman–Crippen MR) is 40.2 cm³/mol. The lowest BCUT2D eigenvalue weighted by atomic mass is 10.3. The molecule has 0 aliphatic rings. The van der Waals surface area contributed by atoms with Crippen molar-refractivity contribution in [1.29, 1.82) is 0 Å². The van der Waals surface area contributed by atoms with Crippen LogP contribution in [-0.2, 0) is 0 Å². The van der Waals surface area contributed by atoms with E-state index in [0.29, 0.717) is 6.20 Å². The summed E-state index contributed by atoms with van der Waals surface area (Å²) < 4.78 is 75.8. The summed E-state index contributed by atoms with van der Waals surface area (Å²) in [6.45, 7) is 0. The number of halogens is 6. The van der Waals surface area contributed by atoms with E-state index in [9.17, 15) is 26.3 Å². The van der Waals surface area contributed by atoms with E-state index in [2.05, 4.69) is 9.72 Å². The SMILES string of the molecule is Nc1c(F)cnc(C(F)F)c1OC(F)(F)F. The monoisotopic (exact) mass is 246 g/mol. The van der Waals surface area contributed by atoms with Crippen LogP contribution in [0.4, 0.5) is 32.0 Å². The second-order valence-corrected chi connectivity index (χ2v) is 2.58. The third-order valence-corrected chi connectivity index (χ3v) is 1.48. The van der Waals surface area contributed by atoms with E-state index in [1.807, 2.05) is 0 Å². The number of nitrogen functional groups attached to an aromatic ring is 1. The van der Waals surface area contributed by atoms with Gasteiger partial charge in [-0.15, -0.1) is 13.2 Å². The molecular formula is C7H4F6N2O. The number of anilines is 1. The number of nitrogens with two attached hydrogens (primary N) is 1.